The number of amides is 1. The first-order valence-corrected chi connectivity index (χ1v) is 6.10. The molecule has 0 fully saturated rings. The Morgan fingerprint density at radius 2 is 2.00 bits per heavy atom. The molecule has 100 valence electrons. The maximum atomic E-state index is 11.2. The van der Waals surface area contributed by atoms with Crippen LogP contribution in [0.5, 0.6) is 0 Å². The van der Waals surface area contributed by atoms with Crippen LogP contribution < -0.4 is 10.2 Å². The van der Waals surface area contributed by atoms with E-state index in [2.05, 4.69) is 5.32 Å². The molecule has 0 aliphatic heterocycles. The van der Waals surface area contributed by atoms with Crippen LogP contribution in [-0.2, 0) is 4.74 Å². The molecule has 0 atom stereocenters. The second-order valence-corrected chi connectivity index (χ2v) is 3.70. The van der Waals surface area contributed by atoms with Crippen LogP contribution in [-0.4, -0.2) is 37.5 Å². The van der Waals surface area contributed by atoms with Gasteiger partial charge >= 0.3 is 6.09 Å². The first-order chi connectivity index (χ1) is 8.71. The van der Waals surface area contributed by atoms with Crippen molar-refractivity contribution in [1.29, 1.82) is 0 Å². The van der Waals surface area contributed by atoms with Gasteiger partial charge in [0.15, 0.2) is 0 Å². The van der Waals surface area contributed by atoms with Crippen molar-refractivity contribution < 1.29 is 14.6 Å². The number of carbonyl (C=O) groups excluding carboxylic acids is 1. The molecular weight excluding hydrogens is 232 g/mol. The van der Waals surface area contributed by atoms with Crippen LogP contribution in [0.4, 0.5) is 16.2 Å². The smallest absolute Gasteiger partial charge is 0.411 e. The molecule has 0 radical (unpaired) electrons. The molecule has 0 saturated heterocycles. The van der Waals surface area contributed by atoms with E-state index in [0.717, 1.165) is 12.2 Å². The second kappa shape index (κ2) is 7.55. The summed E-state index contributed by atoms with van der Waals surface area (Å²) in [4.78, 5) is 13.3. The number of hydrogen-bond acceptors (Lipinski definition) is 4. The summed E-state index contributed by atoms with van der Waals surface area (Å²) in [7, 11) is 0. The summed E-state index contributed by atoms with van der Waals surface area (Å²) in [5, 5.41) is 11.6. The maximum absolute atomic E-state index is 11.2. The Balaban J connectivity index is 2.64. The number of nitrogens with one attached hydrogen (secondary N) is 1. The molecular formula is C13H20N2O3. The molecule has 2 N–H and O–H groups in total. The van der Waals surface area contributed by atoms with Gasteiger partial charge in [0.25, 0.3) is 0 Å². The average molecular weight is 252 g/mol. The third kappa shape index (κ3) is 4.25. The fraction of sp³-hybridized carbons (Fsp3) is 0.462. The molecule has 0 saturated carbocycles. The van der Waals surface area contributed by atoms with E-state index in [9.17, 15) is 4.79 Å². The third-order valence-corrected chi connectivity index (χ3v) is 2.51. The lowest BCUT2D eigenvalue weighted by molar-refractivity contribution is 0.168. The van der Waals surface area contributed by atoms with Crippen LogP contribution in [0.2, 0.25) is 0 Å². The average Bonchev–Trinajstić information content (AvgIpc) is 2.37. The van der Waals surface area contributed by atoms with E-state index in [4.69, 9.17) is 9.84 Å². The number of aliphatic hydroxyl groups excluding tert-OH is 1. The summed E-state index contributed by atoms with van der Waals surface area (Å²) in [6.07, 6.45) is -0.451. The van der Waals surface area contributed by atoms with Crippen molar-refractivity contribution in [1.82, 2.24) is 0 Å². The minimum absolute atomic E-state index is 0.122. The minimum Gasteiger partial charge on any atom is -0.450 e. The summed E-state index contributed by atoms with van der Waals surface area (Å²) < 4.78 is 4.79. The lowest BCUT2D eigenvalue weighted by Gasteiger charge is -2.22. The van der Waals surface area contributed by atoms with E-state index in [1.54, 1.807) is 6.92 Å². The summed E-state index contributed by atoms with van der Waals surface area (Å²) >= 11 is 0. The van der Waals surface area contributed by atoms with E-state index in [0.29, 0.717) is 18.8 Å². The monoisotopic (exact) mass is 252 g/mol. The lowest BCUT2D eigenvalue weighted by atomic mass is 10.2. The normalized spacial score (nSPS) is 9.94. The Morgan fingerprint density at radius 1 is 1.33 bits per heavy atom. The molecule has 1 rings (SSSR count). The Bertz CT molecular complexity index is 365. The highest BCUT2D eigenvalue weighted by Gasteiger charge is 2.05. The van der Waals surface area contributed by atoms with Gasteiger partial charge in [0, 0.05) is 24.5 Å². The lowest BCUT2D eigenvalue weighted by Crippen LogP contribution is -2.26. The van der Waals surface area contributed by atoms with Crippen LogP contribution in [0.25, 0.3) is 0 Å². The fourth-order valence-electron chi connectivity index (χ4n) is 1.63. The first-order valence-electron chi connectivity index (χ1n) is 6.10. The molecule has 1 aromatic carbocycles. The van der Waals surface area contributed by atoms with Crippen molar-refractivity contribution >= 4 is 17.5 Å². The summed E-state index contributed by atoms with van der Waals surface area (Å²) in [5.41, 5.74) is 1.71. The van der Waals surface area contributed by atoms with Gasteiger partial charge in [-0.05, 0) is 38.1 Å². The number of anilines is 2. The first kappa shape index (κ1) is 14.3. The molecule has 18 heavy (non-hydrogen) atoms. The Labute approximate surface area is 107 Å². The number of hydrogen-bond donors (Lipinski definition) is 2. The zero-order chi connectivity index (χ0) is 13.4. The van der Waals surface area contributed by atoms with E-state index in [1.165, 1.54) is 0 Å². The number of aliphatic hydroxyl groups is 1. The third-order valence-electron chi connectivity index (χ3n) is 2.51. The molecule has 0 spiro atoms. The summed E-state index contributed by atoms with van der Waals surface area (Å²) in [6, 6.07) is 7.43. The highest BCUT2D eigenvalue weighted by molar-refractivity contribution is 5.84. The molecule has 0 bridgehead atoms. The largest absolute Gasteiger partial charge is 0.450 e. The van der Waals surface area contributed by atoms with Gasteiger partial charge in [0.1, 0.15) is 0 Å². The molecule has 0 aliphatic rings. The number of likely N-dealkylation sites (N-methyl/N-ethyl adjacent to an activating group) is 1. The standard InChI is InChI=1S/C13H20N2O3/c1-3-15(9-10-16)12-7-5-11(6-8-12)14-13(17)18-4-2/h5-8,16H,3-4,9-10H2,1-2H3,(H,14,17). The number of ether oxygens (including phenoxy) is 1. The van der Waals surface area contributed by atoms with Gasteiger partial charge in [-0.15, -0.1) is 0 Å². The van der Waals surface area contributed by atoms with Crippen LogP contribution in [0.1, 0.15) is 13.8 Å². The second-order valence-electron chi connectivity index (χ2n) is 3.70. The Hall–Kier alpha value is -1.75. The topological polar surface area (TPSA) is 61.8 Å². The molecule has 5 nitrogen and oxygen atoms in total. The van der Waals surface area contributed by atoms with Gasteiger partial charge < -0.3 is 14.7 Å². The fourth-order valence-corrected chi connectivity index (χ4v) is 1.63. The van der Waals surface area contributed by atoms with Gasteiger partial charge in [0.05, 0.1) is 13.2 Å². The molecule has 0 aromatic heterocycles. The van der Waals surface area contributed by atoms with Crippen molar-refractivity contribution in [3.8, 4) is 0 Å². The number of benzene rings is 1. The van der Waals surface area contributed by atoms with E-state index < -0.39 is 6.09 Å². The molecule has 0 heterocycles. The van der Waals surface area contributed by atoms with Crippen LogP contribution in [0, 0.1) is 0 Å². The Kier molecular flexibility index (Phi) is 6.00. The van der Waals surface area contributed by atoms with Gasteiger partial charge in [-0.3, -0.25) is 5.32 Å². The SMILES string of the molecule is CCOC(=O)Nc1ccc(N(CC)CCO)cc1. The molecule has 0 unspecified atom stereocenters. The van der Waals surface area contributed by atoms with Crippen molar-refractivity contribution in [2.45, 2.75) is 13.8 Å². The van der Waals surface area contributed by atoms with Crippen molar-refractivity contribution in [2.24, 2.45) is 0 Å². The molecule has 1 amide bonds. The van der Waals surface area contributed by atoms with Gasteiger partial charge in [0.2, 0.25) is 0 Å². The predicted molar refractivity (Wildman–Crippen MR) is 72.1 cm³/mol. The van der Waals surface area contributed by atoms with Crippen LogP contribution in [0.3, 0.4) is 0 Å². The number of rotatable bonds is 6. The molecule has 5 heteroatoms. The summed E-state index contributed by atoms with van der Waals surface area (Å²) in [5.74, 6) is 0. The predicted octanol–water partition coefficient (Wildman–Crippen LogP) is 2.07. The van der Waals surface area contributed by atoms with Gasteiger partial charge in [-0.25, -0.2) is 4.79 Å². The quantitative estimate of drug-likeness (QED) is 0.813. The zero-order valence-corrected chi connectivity index (χ0v) is 10.8. The van der Waals surface area contributed by atoms with E-state index in [1.807, 2.05) is 36.1 Å². The van der Waals surface area contributed by atoms with Crippen molar-refractivity contribution in [3.05, 3.63) is 24.3 Å². The van der Waals surface area contributed by atoms with E-state index in [-0.39, 0.29) is 6.61 Å². The highest BCUT2D eigenvalue weighted by atomic mass is 16.5. The van der Waals surface area contributed by atoms with Crippen molar-refractivity contribution in [3.63, 3.8) is 0 Å². The number of carbonyl (C=O) groups is 1. The molecule has 1 aromatic rings. The van der Waals surface area contributed by atoms with Crippen molar-refractivity contribution in [2.75, 3.05) is 36.5 Å². The van der Waals surface area contributed by atoms with Gasteiger partial charge in [-0.2, -0.15) is 0 Å². The highest BCUT2D eigenvalue weighted by Crippen LogP contribution is 2.17. The number of nitrogens with zero attached hydrogens (tertiary/aromatic N) is 1. The van der Waals surface area contributed by atoms with Gasteiger partial charge in [-0.1, -0.05) is 0 Å². The maximum Gasteiger partial charge on any atom is 0.411 e. The Morgan fingerprint density at radius 3 is 2.50 bits per heavy atom. The van der Waals surface area contributed by atoms with Crippen LogP contribution >= 0.6 is 0 Å². The summed E-state index contributed by atoms with van der Waals surface area (Å²) in [6.45, 7) is 5.68. The van der Waals surface area contributed by atoms with Crippen LogP contribution in [0.15, 0.2) is 24.3 Å². The zero-order valence-electron chi connectivity index (χ0n) is 10.8. The minimum atomic E-state index is -0.451. The van der Waals surface area contributed by atoms with E-state index >= 15 is 0 Å². The molecule has 0 aliphatic carbocycles.